The minimum Gasteiger partial charge on any atom is -0.351 e. The molecule has 2 aliphatic rings. The lowest BCUT2D eigenvalue weighted by Gasteiger charge is -2.34. The second-order valence-corrected chi connectivity index (χ2v) is 7.35. The Kier molecular flexibility index (Phi) is 3.98. The van der Waals surface area contributed by atoms with Crippen LogP contribution in [0.4, 0.5) is 0 Å². The maximum absolute atomic E-state index is 12.5. The third-order valence-electron chi connectivity index (χ3n) is 5.71. The summed E-state index contributed by atoms with van der Waals surface area (Å²) in [6.45, 7) is 5.56. The fraction of sp³-hybridized carbons (Fsp3) is 0.526. The highest BCUT2D eigenvalue weighted by Gasteiger charge is 2.37. The average Bonchev–Trinajstić information content (AvgIpc) is 3.17. The Bertz CT molecular complexity index is 841. The molecule has 2 aromatic rings. The van der Waals surface area contributed by atoms with Crippen molar-refractivity contribution in [3.8, 4) is 0 Å². The Labute approximate surface area is 147 Å². The fourth-order valence-electron chi connectivity index (χ4n) is 4.00. The van der Waals surface area contributed by atoms with Crippen LogP contribution in [0.1, 0.15) is 36.2 Å². The molecule has 0 radical (unpaired) electrons. The summed E-state index contributed by atoms with van der Waals surface area (Å²) in [5.41, 5.74) is 4.44. The van der Waals surface area contributed by atoms with Gasteiger partial charge in [-0.05, 0) is 43.4 Å². The summed E-state index contributed by atoms with van der Waals surface area (Å²) >= 11 is 0. The van der Waals surface area contributed by atoms with Gasteiger partial charge in [-0.25, -0.2) is 4.98 Å². The van der Waals surface area contributed by atoms with Crippen LogP contribution in [0, 0.1) is 19.8 Å². The van der Waals surface area contributed by atoms with Crippen molar-refractivity contribution >= 4 is 22.8 Å². The summed E-state index contributed by atoms with van der Waals surface area (Å²) in [7, 11) is 0. The van der Waals surface area contributed by atoms with Gasteiger partial charge in [-0.15, -0.1) is 0 Å². The molecular formula is C19H24N4O2. The number of likely N-dealkylation sites (tertiary alicyclic amines) is 1. The van der Waals surface area contributed by atoms with Gasteiger partial charge in [-0.2, -0.15) is 0 Å². The summed E-state index contributed by atoms with van der Waals surface area (Å²) in [6, 6.07) is 4.27. The quantitative estimate of drug-likeness (QED) is 0.895. The molecule has 6 heteroatoms. The number of piperidine rings is 1. The van der Waals surface area contributed by atoms with E-state index in [4.69, 9.17) is 0 Å². The maximum atomic E-state index is 12.5. The van der Waals surface area contributed by atoms with E-state index in [-0.39, 0.29) is 17.9 Å². The highest BCUT2D eigenvalue weighted by atomic mass is 16.2. The topological polar surface area (TPSA) is 78.1 Å². The molecule has 2 amide bonds. The smallest absolute Gasteiger partial charge is 0.223 e. The van der Waals surface area contributed by atoms with Gasteiger partial charge in [0.25, 0.3) is 0 Å². The summed E-state index contributed by atoms with van der Waals surface area (Å²) in [5.74, 6) is 1.53. The van der Waals surface area contributed by atoms with Crippen molar-refractivity contribution in [1.82, 2.24) is 20.2 Å². The Morgan fingerprint density at radius 3 is 3.04 bits per heavy atom. The van der Waals surface area contributed by atoms with Crippen molar-refractivity contribution < 1.29 is 9.59 Å². The fourth-order valence-corrected chi connectivity index (χ4v) is 4.00. The number of imidazole rings is 1. The molecule has 132 valence electrons. The number of aromatic amines is 1. The van der Waals surface area contributed by atoms with Crippen LogP contribution in [0.15, 0.2) is 12.1 Å². The Hall–Kier alpha value is -2.37. The predicted molar refractivity (Wildman–Crippen MR) is 95.1 cm³/mol. The number of benzene rings is 1. The molecule has 0 bridgehead atoms. The second-order valence-electron chi connectivity index (χ2n) is 7.35. The van der Waals surface area contributed by atoms with Crippen molar-refractivity contribution in [2.24, 2.45) is 5.92 Å². The SMILES string of the molecule is Cc1ccc2[nH]c(CCC(=O)N3CC[C@@H]4CC(=O)N[C@@H]4C3)nc2c1C. The van der Waals surface area contributed by atoms with E-state index in [2.05, 4.69) is 35.2 Å². The van der Waals surface area contributed by atoms with Crippen molar-refractivity contribution in [2.45, 2.75) is 45.6 Å². The highest BCUT2D eigenvalue weighted by molar-refractivity contribution is 5.81. The largest absolute Gasteiger partial charge is 0.351 e. The first-order valence-electron chi connectivity index (χ1n) is 9.03. The highest BCUT2D eigenvalue weighted by Crippen LogP contribution is 2.26. The van der Waals surface area contributed by atoms with Crippen LogP contribution in [-0.2, 0) is 16.0 Å². The lowest BCUT2D eigenvalue weighted by Crippen LogP contribution is -2.49. The molecule has 4 rings (SSSR count). The van der Waals surface area contributed by atoms with Gasteiger partial charge in [0.15, 0.2) is 0 Å². The third kappa shape index (κ3) is 3.01. The van der Waals surface area contributed by atoms with E-state index in [0.29, 0.717) is 31.7 Å². The summed E-state index contributed by atoms with van der Waals surface area (Å²) in [6.07, 6.45) is 2.59. The molecule has 0 spiro atoms. The minimum atomic E-state index is 0.122. The number of carbonyl (C=O) groups excluding carboxylic acids is 2. The molecule has 25 heavy (non-hydrogen) atoms. The summed E-state index contributed by atoms with van der Waals surface area (Å²) < 4.78 is 0. The Balaban J connectivity index is 1.39. The molecule has 2 saturated heterocycles. The number of amides is 2. The van der Waals surface area contributed by atoms with Crippen molar-refractivity contribution in [3.05, 3.63) is 29.1 Å². The Morgan fingerprint density at radius 2 is 2.20 bits per heavy atom. The number of nitrogens with zero attached hydrogens (tertiary/aromatic N) is 2. The van der Waals surface area contributed by atoms with Gasteiger partial charge < -0.3 is 15.2 Å². The molecule has 6 nitrogen and oxygen atoms in total. The van der Waals surface area contributed by atoms with Crippen molar-refractivity contribution in [3.63, 3.8) is 0 Å². The van der Waals surface area contributed by atoms with E-state index in [1.165, 1.54) is 11.1 Å². The number of H-pyrrole nitrogens is 1. The molecule has 1 aromatic heterocycles. The molecular weight excluding hydrogens is 316 g/mol. The maximum Gasteiger partial charge on any atom is 0.223 e. The van der Waals surface area contributed by atoms with Crippen LogP contribution in [0.2, 0.25) is 0 Å². The monoisotopic (exact) mass is 340 g/mol. The number of fused-ring (bicyclic) bond motifs is 2. The third-order valence-corrected chi connectivity index (χ3v) is 5.71. The molecule has 2 fully saturated rings. The van der Waals surface area contributed by atoms with Crippen LogP contribution in [0.3, 0.4) is 0 Å². The summed E-state index contributed by atoms with van der Waals surface area (Å²) in [4.78, 5) is 33.9. The number of carbonyl (C=O) groups is 2. The normalized spacial score (nSPS) is 23.0. The molecule has 0 saturated carbocycles. The zero-order valence-corrected chi connectivity index (χ0v) is 14.8. The predicted octanol–water partition coefficient (Wildman–Crippen LogP) is 1.85. The van der Waals surface area contributed by atoms with E-state index in [9.17, 15) is 9.59 Å². The van der Waals surface area contributed by atoms with Gasteiger partial charge >= 0.3 is 0 Å². The van der Waals surface area contributed by atoms with Crippen molar-refractivity contribution in [2.75, 3.05) is 13.1 Å². The number of aryl methyl sites for hydroxylation is 3. The van der Waals surface area contributed by atoms with Crippen LogP contribution in [0.5, 0.6) is 0 Å². The van der Waals surface area contributed by atoms with Crippen LogP contribution >= 0.6 is 0 Å². The molecule has 2 N–H and O–H groups in total. The summed E-state index contributed by atoms with van der Waals surface area (Å²) in [5, 5.41) is 2.99. The first-order chi connectivity index (χ1) is 12.0. The lowest BCUT2D eigenvalue weighted by atomic mass is 9.92. The molecule has 1 aromatic carbocycles. The van der Waals surface area contributed by atoms with Crippen molar-refractivity contribution in [1.29, 1.82) is 0 Å². The van der Waals surface area contributed by atoms with Gasteiger partial charge in [-0.3, -0.25) is 9.59 Å². The second kappa shape index (κ2) is 6.17. The number of aromatic nitrogens is 2. The minimum absolute atomic E-state index is 0.122. The van der Waals surface area contributed by atoms with Gasteiger partial charge in [0.05, 0.1) is 11.0 Å². The number of rotatable bonds is 3. The first kappa shape index (κ1) is 16.1. The van der Waals surface area contributed by atoms with Gasteiger partial charge in [0, 0.05) is 38.4 Å². The lowest BCUT2D eigenvalue weighted by molar-refractivity contribution is -0.133. The number of nitrogens with one attached hydrogen (secondary N) is 2. The van der Waals surface area contributed by atoms with Crippen LogP contribution in [-0.4, -0.2) is 45.8 Å². The molecule has 0 aliphatic carbocycles. The van der Waals surface area contributed by atoms with E-state index < -0.39 is 0 Å². The molecule has 2 atom stereocenters. The van der Waals surface area contributed by atoms with Gasteiger partial charge in [0.1, 0.15) is 5.82 Å². The Morgan fingerprint density at radius 1 is 1.36 bits per heavy atom. The molecule has 2 aliphatic heterocycles. The number of hydrogen-bond acceptors (Lipinski definition) is 3. The number of hydrogen-bond donors (Lipinski definition) is 2. The van der Waals surface area contributed by atoms with Gasteiger partial charge in [0.2, 0.25) is 11.8 Å². The van der Waals surface area contributed by atoms with E-state index in [1.807, 2.05) is 11.0 Å². The zero-order chi connectivity index (χ0) is 17.6. The van der Waals surface area contributed by atoms with E-state index in [0.717, 1.165) is 29.8 Å². The van der Waals surface area contributed by atoms with Crippen LogP contribution in [0.25, 0.3) is 11.0 Å². The van der Waals surface area contributed by atoms with E-state index in [1.54, 1.807) is 0 Å². The zero-order valence-electron chi connectivity index (χ0n) is 14.8. The molecule has 3 heterocycles. The van der Waals surface area contributed by atoms with Crippen LogP contribution < -0.4 is 5.32 Å². The van der Waals surface area contributed by atoms with Gasteiger partial charge in [-0.1, -0.05) is 6.07 Å². The average molecular weight is 340 g/mol. The molecule has 0 unspecified atom stereocenters. The first-order valence-corrected chi connectivity index (χ1v) is 9.03. The standard InChI is InChI=1S/C19H24N4O2/c1-11-3-4-14-19(12(11)2)22-16(20-14)5-6-18(25)23-8-7-13-9-17(24)21-15(13)10-23/h3-4,13,15H,5-10H2,1-2H3,(H,20,22)(H,21,24)/t13-,15-/m1/s1. The van der Waals surface area contributed by atoms with E-state index >= 15 is 0 Å².